The van der Waals surface area contributed by atoms with Gasteiger partial charge in [0.15, 0.2) is 0 Å². The van der Waals surface area contributed by atoms with Gasteiger partial charge in [-0.15, -0.1) is 0 Å². The number of allylic oxidation sites excluding steroid dienone is 3. The molecule has 0 aliphatic heterocycles. The molecular formula is C27H36O6. The van der Waals surface area contributed by atoms with Crippen LogP contribution in [0.3, 0.4) is 0 Å². The summed E-state index contributed by atoms with van der Waals surface area (Å²) < 4.78 is 10.6. The molecule has 0 unspecified atom stereocenters. The van der Waals surface area contributed by atoms with E-state index in [1.54, 1.807) is 45.9 Å². The Hall–Kier alpha value is -2.96. The number of ether oxygens (including phenoxy) is 2. The van der Waals surface area contributed by atoms with Crippen LogP contribution < -0.4 is 0 Å². The highest BCUT2D eigenvalue weighted by molar-refractivity contribution is 5.94. The molecule has 0 amide bonds. The maximum atomic E-state index is 12.7. The maximum Gasteiger partial charge on any atom is 0.338 e. The van der Waals surface area contributed by atoms with Crippen molar-refractivity contribution in [1.29, 1.82) is 0 Å². The Labute approximate surface area is 196 Å². The third-order valence-electron chi connectivity index (χ3n) is 4.65. The van der Waals surface area contributed by atoms with Crippen LogP contribution in [0.1, 0.15) is 39.7 Å². The molecule has 180 valence electrons. The Morgan fingerprint density at radius 2 is 1.52 bits per heavy atom. The molecule has 1 aromatic rings. The summed E-state index contributed by atoms with van der Waals surface area (Å²) >= 11 is 0. The second-order valence-electron chi connectivity index (χ2n) is 9.31. The molecule has 0 spiro atoms. The summed E-state index contributed by atoms with van der Waals surface area (Å²) in [6.07, 6.45) is 8.25. The highest BCUT2D eigenvalue weighted by atomic mass is 16.5. The fraction of sp³-hybridized carbons (Fsp3) is 0.407. The molecule has 33 heavy (non-hydrogen) atoms. The van der Waals surface area contributed by atoms with E-state index in [-0.39, 0.29) is 38.4 Å². The first-order valence-corrected chi connectivity index (χ1v) is 10.8. The zero-order valence-electron chi connectivity index (χ0n) is 20.0. The van der Waals surface area contributed by atoms with Crippen molar-refractivity contribution >= 4 is 18.0 Å². The van der Waals surface area contributed by atoms with Gasteiger partial charge < -0.3 is 19.7 Å². The molecule has 6 heteroatoms. The smallest absolute Gasteiger partial charge is 0.338 e. The second kappa shape index (κ2) is 13.6. The van der Waals surface area contributed by atoms with Crippen LogP contribution >= 0.6 is 0 Å². The van der Waals surface area contributed by atoms with Gasteiger partial charge >= 0.3 is 11.9 Å². The topological polar surface area (TPSA) is 93.1 Å². The molecule has 1 rings (SSSR count). The minimum atomic E-state index is -0.573. The Morgan fingerprint density at radius 3 is 2.06 bits per heavy atom. The fourth-order valence-corrected chi connectivity index (χ4v) is 2.35. The van der Waals surface area contributed by atoms with E-state index in [0.717, 1.165) is 5.56 Å². The first kappa shape index (κ1) is 28.1. The third kappa shape index (κ3) is 10.9. The van der Waals surface area contributed by atoms with Gasteiger partial charge in [-0.3, -0.25) is 4.79 Å². The van der Waals surface area contributed by atoms with Gasteiger partial charge in [0.25, 0.3) is 0 Å². The van der Waals surface area contributed by atoms with Crippen molar-refractivity contribution in [2.45, 2.75) is 34.1 Å². The maximum absolute atomic E-state index is 12.7. The lowest BCUT2D eigenvalue weighted by Crippen LogP contribution is -2.26. The van der Waals surface area contributed by atoms with Crippen LogP contribution in [0, 0.1) is 10.8 Å². The van der Waals surface area contributed by atoms with Gasteiger partial charge in [0.2, 0.25) is 0 Å². The standard InChI is InChI=1S/C27H36O6/c1-6-23(25(31)33-20-27(4,5)18-29)22(16-15-21-11-8-7-9-12-21)13-10-14-24(30)32-19-26(2,3)17-28/h6-13,15-16,28-29H,1,14,17-20H2,2-5H3/b13-10-,16-15+,23-22-. The Balaban J connectivity index is 3.07. The van der Waals surface area contributed by atoms with E-state index in [0.29, 0.717) is 5.57 Å². The first-order chi connectivity index (χ1) is 15.5. The number of hydrogen-bond donors (Lipinski definition) is 2. The molecule has 0 radical (unpaired) electrons. The van der Waals surface area contributed by atoms with Crippen molar-refractivity contribution in [2.75, 3.05) is 26.4 Å². The van der Waals surface area contributed by atoms with Crippen LogP contribution in [0.2, 0.25) is 0 Å². The van der Waals surface area contributed by atoms with Gasteiger partial charge in [-0.05, 0) is 11.1 Å². The van der Waals surface area contributed by atoms with Crippen LogP contribution in [0.25, 0.3) is 6.08 Å². The normalized spacial score (nSPS) is 13.2. The molecule has 0 saturated heterocycles. The average molecular weight is 457 g/mol. The van der Waals surface area contributed by atoms with Crippen LogP contribution in [0.5, 0.6) is 0 Å². The van der Waals surface area contributed by atoms with Crippen molar-refractivity contribution < 1.29 is 29.3 Å². The third-order valence-corrected chi connectivity index (χ3v) is 4.65. The minimum absolute atomic E-state index is 0.00119. The summed E-state index contributed by atoms with van der Waals surface area (Å²) in [5.41, 5.74) is 0.618. The largest absolute Gasteiger partial charge is 0.465 e. The number of benzene rings is 1. The quantitative estimate of drug-likeness (QED) is 0.262. The van der Waals surface area contributed by atoms with E-state index in [1.807, 2.05) is 36.4 Å². The molecule has 0 aliphatic carbocycles. The molecule has 0 heterocycles. The lowest BCUT2D eigenvalue weighted by molar-refractivity contribution is -0.146. The molecule has 1 aromatic carbocycles. The highest BCUT2D eigenvalue weighted by Gasteiger charge is 2.21. The van der Waals surface area contributed by atoms with Crippen LogP contribution in [0.4, 0.5) is 0 Å². The van der Waals surface area contributed by atoms with E-state index in [4.69, 9.17) is 9.47 Å². The molecule has 0 atom stereocenters. The van der Waals surface area contributed by atoms with E-state index >= 15 is 0 Å². The van der Waals surface area contributed by atoms with Crippen molar-refractivity contribution in [2.24, 2.45) is 10.8 Å². The summed E-state index contributed by atoms with van der Waals surface area (Å²) in [6, 6.07) is 9.57. The number of aliphatic hydroxyl groups is 2. The van der Waals surface area contributed by atoms with Gasteiger partial charge in [0.1, 0.15) is 0 Å². The Morgan fingerprint density at radius 1 is 0.939 bits per heavy atom. The monoisotopic (exact) mass is 456 g/mol. The van der Waals surface area contributed by atoms with Crippen LogP contribution in [0.15, 0.2) is 72.4 Å². The molecule has 2 N–H and O–H groups in total. The average Bonchev–Trinajstić information content (AvgIpc) is 2.80. The van der Waals surface area contributed by atoms with Crippen molar-refractivity contribution in [3.63, 3.8) is 0 Å². The first-order valence-electron chi connectivity index (χ1n) is 10.8. The number of esters is 2. The number of hydrogen-bond acceptors (Lipinski definition) is 6. The lowest BCUT2D eigenvalue weighted by Gasteiger charge is -2.21. The van der Waals surface area contributed by atoms with Gasteiger partial charge in [-0.25, -0.2) is 4.79 Å². The van der Waals surface area contributed by atoms with E-state index in [1.165, 1.54) is 6.08 Å². The van der Waals surface area contributed by atoms with E-state index < -0.39 is 22.8 Å². The lowest BCUT2D eigenvalue weighted by atomic mass is 9.96. The molecule has 0 bridgehead atoms. The Bertz CT molecular complexity index is 875. The highest BCUT2D eigenvalue weighted by Crippen LogP contribution is 2.19. The summed E-state index contributed by atoms with van der Waals surface area (Å²) in [7, 11) is 0. The molecule has 0 aliphatic rings. The number of carbonyl (C=O) groups excluding carboxylic acids is 2. The van der Waals surface area contributed by atoms with Crippen LogP contribution in [-0.2, 0) is 19.1 Å². The molecule has 0 aromatic heterocycles. The molecule has 6 nitrogen and oxygen atoms in total. The Kier molecular flexibility index (Phi) is 11.5. The SMILES string of the molecule is C=C/C(C(=O)OCC(C)(C)CO)=C(\C=C/CC(=O)OCC(C)(C)CO)/C=C/c1ccccc1. The van der Waals surface area contributed by atoms with Crippen LogP contribution in [-0.4, -0.2) is 48.6 Å². The molecular weight excluding hydrogens is 420 g/mol. The summed E-state index contributed by atoms with van der Waals surface area (Å²) in [6.45, 7) is 10.9. The predicted molar refractivity (Wildman–Crippen MR) is 130 cm³/mol. The van der Waals surface area contributed by atoms with Crippen molar-refractivity contribution in [3.8, 4) is 0 Å². The number of carbonyl (C=O) groups is 2. The zero-order valence-corrected chi connectivity index (χ0v) is 20.0. The molecule has 0 saturated carbocycles. The van der Waals surface area contributed by atoms with Gasteiger partial charge in [0, 0.05) is 10.8 Å². The summed E-state index contributed by atoms with van der Waals surface area (Å²) in [5.74, 6) is -1.01. The molecule has 0 fully saturated rings. The number of rotatable bonds is 13. The van der Waals surface area contributed by atoms with Crippen molar-refractivity contribution in [1.82, 2.24) is 0 Å². The van der Waals surface area contributed by atoms with Gasteiger partial charge in [-0.2, -0.15) is 0 Å². The summed E-state index contributed by atoms with van der Waals surface area (Å²) in [5, 5.41) is 18.7. The van der Waals surface area contributed by atoms with E-state index in [9.17, 15) is 19.8 Å². The van der Waals surface area contributed by atoms with Gasteiger partial charge in [-0.1, -0.05) is 95.0 Å². The minimum Gasteiger partial charge on any atom is -0.465 e. The van der Waals surface area contributed by atoms with Crippen molar-refractivity contribution in [3.05, 3.63) is 77.9 Å². The summed E-state index contributed by atoms with van der Waals surface area (Å²) in [4.78, 5) is 24.8. The predicted octanol–water partition coefficient (Wildman–Crippen LogP) is 4.25. The second-order valence-corrected chi connectivity index (χ2v) is 9.31. The fourth-order valence-electron chi connectivity index (χ4n) is 2.35. The number of aliphatic hydroxyl groups excluding tert-OH is 2. The van der Waals surface area contributed by atoms with E-state index in [2.05, 4.69) is 6.58 Å². The van der Waals surface area contributed by atoms with Gasteiger partial charge in [0.05, 0.1) is 38.4 Å². The zero-order chi connectivity index (χ0) is 24.9.